The van der Waals surface area contributed by atoms with Crippen molar-refractivity contribution in [2.75, 3.05) is 12.3 Å². The molecule has 1 aromatic carbocycles. The molecule has 12 heavy (non-hydrogen) atoms. The Kier molecular flexibility index (Phi) is 2.60. The fourth-order valence-electron chi connectivity index (χ4n) is 0.899. The van der Waals surface area contributed by atoms with Crippen LogP contribution in [-0.2, 0) is 0 Å². The molecular weight excluding hydrogens is 150 g/mol. The van der Waals surface area contributed by atoms with Crippen molar-refractivity contribution in [2.24, 2.45) is 0 Å². The molecule has 0 fully saturated rings. The van der Waals surface area contributed by atoms with Crippen molar-refractivity contribution < 1.29 is 4.74 Å². The molecule has 0 aliphatic rings. The van der Waals surface area contributed by atoms with Crippen LogP contribution in [0, 0.1) is 19.3 Å². The van der Waals surface area contributed by atoms with Gasteiger partial charge in [-0.25, -0.2) is 0 Å². The molecule has 62 valence electrons. The number of rotatable bonds is 2. The van der Waals surface area contributed by atoms with Crippen molar-refractivity contribution in [1.82, 2.24) is 0 Å². The van der Waals surface area contributed by atoms with Crippen LogP contribution in [0.1, 0.15) is 5.56 Å². The normalized spacial score (nSPS) is 9.00. The Morgan fingerprint density at radius 1 is 1.58 bits per heavy atom. The monoisotopic (exact) mass is 161 g/mol. The lowest BCUT2D eigenvalue weighted by Crippen LogP contribution is -1.99. The van der Waals surface area contributed by atoms with Gasteiger partial charge in [-0.05, 0) is 18.6 Å². The van der Waals surface area contributed by atoms with Crippen molar-refractivity contribution >= 4 is 5.69 Å². The minimum atomic E-state index is 0.258. The molecule has 2 heteroatoms. The zero-order valence-electron chi connectivity index (χ0n) is 7.00. The molecule has 0 spiro atoms. The van der Waals surface area contributed by atoms with Crippen LogP contribution in [0.25, 0.3) is 0 Å². The molecule has 2 nitrogen and oxygen atoms in total. The summed E-state index contributed by atoms with van der Waals surface area (Å²) in [5, 5.41) is 0. The molecule has 0 radical (unpaired) electrons. The number of hydrogen-bond acceptors (Lipinski definition) is 2. The van der Waals surface area contributed by atoms with Crippen LogP contribution in [0.5, 0.6) is 5.75 Å². The Morgan fingerprint density at radius 2 is 2.33 bits per heavy atom. The number of anilines is 1. The van der Waals surface area contributed by atoms with E-state index in [2.05, 4.69) is 5.92 Å². The van der Waals surface area contributed by atoms with E-state index in [1.54, 1.807) is 6.07 Å². The molecule has 0 saturated carbocycles. The van der Waals surface area contributed by atoms with Gasteiger partial charge in [-0.3, -0.25) is 0 Å². The SMILES string of the molecule is C#CCOc1cccc(C)c1N. The van der Waals surface area contributed by atoms with Crippen LogP contribution in [0.4, 0.5) is 5.69 Å². The van der Waals surface area contributed by atoms with Gasteiger partial charge in [0, 0.05) is 0 Å². The highest BCUT2D eigenvalue weighted by Gasteiger charge is 2.00. The maximum atomic E-state index is 5.73. The fourth-order valence-corrected chi connectivity index (χ4v) is 0.899. The summed E-state index contributed by atoms with van der Waals surface area (Å²) in [5.74, 6) is 3.05. The highest BCUT2D eigenvalue weighted by Crippen LogP contribution is 2.23. The van der Waals surface area contributed by atoms with Crippen molar-refractivity contribution in [2.45, 2.75) is 6.92 Å². The van der Waals surface area contributed by atoms with E-state index >= 15 is 0 Å². The van der Waals surface area contributed by atoms with E-state index in [-0.39, 0.29) is 6.61 Å². The second-order valence-electron chi connectivity index (χ2n) is 2.48. The van der Waals surface area contributed by atoms with Gasteiger partial charge in [0.05, 0.1) is 5.69 Å². The Hall–Kier alpha value is -1.62. The third kappa shape index (κ3) is 1.70. The van der Waals surface area contributed by atoms with Crippen molar-refractivity contribution in [3.63, 3.8) is 0 Å². The van der Waals surface area contributed by atoms with Gasteiger partial charge in [0.1, 0.15) is 12.4 Å². The zero-order valence-corrected chi connectivity index (χ0v) is 7.00. The summed E-state index contributed by atoms with van der Waals surface area (Å²) in [7, 11) is 0. The molecule has 0 aliphatic heterocycles. The summed E-state index contributed by atoms with van der Waals surface area (Å²) in [5.41, 5.74) is 7.39. The molecule has 0 aliphatic carbocycles. The molecule has 0 bridgehead atoms. The van der Waals surface area contributed by atoms with Gasteiger partial charge in [-0.15, -0.1) is 6.42 Å². The number of nitrogen functional groups attached to an aromatic ring is 1. The maximum absolute atomic E-state index is 5.73. The van der Waals surface area contributed by atoms with Gasteiger partial charge in [-0.2, -0.15) is 0 Å². The van der Waals surface area contributed by atoms with Crippen molar-refractivity contribution in [1.29, 1.82) is 0 Å². The zero-order chi connectivity index (χ0) is 8.97. The smallest absolute Gasteiger partial charge is 0.148 e. The predicted octanol–water partition coefficient (Wildman–Crippen LogP) is 1.59. The molecule has 2 N–H and O–H groups in total. The van der Waals surface area contributed by atoms with Crippen molar-refractivity contribution in [3.8, 4) is 18.1 Å². The van der Waals surface area contributed by atoms with E-state index in [1.807, 2.05) is 19.1 Å². The minimum Gasteiger partial charge on any atom is -0.479 e. The van der Waals surface area contributed by atoms with E-state index < -0.39 is 0 Å². The average molecular weight is 161 g/mol. The van der Waals surface area contributed by atoms with Crippen LogP contribution >= 0.6 is 0 Å². The van der Waals surface area contributed by atoms with E-state index in [9.17, 15) is 0 Å². The summed E-state index contributed by atoms with van der Waals surface area (Å²) in [6, 6.07) is 5.62. The standard InChI is InChI=1S/C10H11NO/c1-3-7-12-9-6-4-5-8(2)10(9)11/h1,4-6H,7,11H2,2H3. The first-order valence-corrected chi connectivity index (χ1v) is 3.67. The summed E-state index contributed by atoms with van der Waals surface area (Å²) >= 11 is 0. The van der Waals surface area contributed by atoms with E-state index in [0.717, 1.165) is 5.56 Å². The quantitative estimate of drug-likeness (QED) is 0.528. The molecule has 0 amide bonds. The Labute approximate surface area is 72.3 Å². The fraction of sp³-hybridized carbons (Fsp3) is 0.200. The van der Waals surface area contributed by atoms with Crippen LogP contribution in [0.2, 0.25) is 0 Å². The van der Waals surface area contributed by atoms with E-state index in [1.165, 1.54) is 0 Å². The van der Waals surface area contributed by atoms with Gasteiger partial charge in [0.2, 0.25) is 0 Å². The van der Waals surface area contributed by atoms with Crippen LogP contribution < -0.4 is 10.5 Å². The van der Waals surface area contributed by atoms with Gasteiger partial charge in [-0.1, -0.05) is 18.1 Å². The number of nitrogens with two attached hydrogens (primary N) is 1. The van der Waals surface area contributed by atoms with Crippen LogP contribution in [-0.4, -0.2) is 6.61 Å². The minimum absolute atomic E-state index is 0.258. The molecule has 1 rings (SSSR count). The molecule has 0 heterocycles. The first-order chi connectivity index (χ1) is 5.75. The molecule has 0 unspecified atom stereocenters. The van der Waals surface area contributed by atoms with Gasteiger partial charge in [0.15, 0.2) is 0 Å². The third-order valence-corrected chi connectivity index (χ3v) is 1.60. The molecule has 0 saturated heterocycles. The Balaban J connectivity index is 2.86. The molecule has 0 atom stereocenters. The summed E-state index contributed by atoms with van der Waals surface area (Å²) in [6.07, 6.45) is 5.05. The summed E-state index contributed by atoms with van der Waals surface area (Å²) in [4.78, 5) is 0. The first kappa shape index (κ1) is 8.48. The second-order valence-corrected chi connectivity index (χ2v) is 2.48. The summed E-state index contributed by atoms with van der Waals surface area (Å²) in [6.45, 7) is 2.19. The Bertz CT molecular complexity index is 312. The second kappa shape index (κ2) is 3.68. The maximum Gasteiger partial charge on any atom is 0.148 e. The highest BCUT2D eigenvalue weighted by molar-refractivity contribution is 5.57. The lowest BCUT2D eigenvalue weighted by Gasteiger charge is -2.07. The lowest BCUT2D eigenvalue weighted by atomic mass is 10.2. The van der Waals surface area contributed by atoms with Crippen molar-refractivity contribution in [3.05, 3.63) is 23.8 Å². The number of para-hydroxylation sites is 1. The average Bonchev–Trinajstić information content (AvgIpc) is 2.08. The number of terminal acetylenes is 1. The third-order valence-electron chi connectivity index (χ3n) is 1.60. The molecule has 1 aromatic rings. The van der Waals surface area contributed by atoms with Crippen LogP contribution in [0.3, 0.4) is 0 Å². The first-order valence-electron chi connectivity index (χ1n) is 3.67. The summed E-state index contributed by atoms with van der Waals surface area (Å²) < 4.78 is 5.21. The molecule has 0 aromatic heterocycles. The van der Waals surface area contributed by atoms with Crippen LogP contribution in [0.15, 0.2) is 18.2 Å². The largest absolute Gasteiger partial charge is 0.479 e. The van der Waals surface area contributed by atoms with E-state index in [0.29, 0.717) is 11.4 Å². The Morgan fingerprint density at radius 3 is 3.00 bits per heavy atom. The van der Waals surface area contributed by atoms with E-state index in [4.69, 9.17) is 16.9 Å². The number of aryl methyl sites for hydroxylation is 1. The van der Waals surface area contributed by atoms with Gasteiger partial charge >= 0.3 is 0 Å². The number of hydrogen-bond donors (Lipinski definition) is 1. The number of ether oxygens (including phenoxy) is 1. The van der Waals surface area contributed by atoms with Gasteiger partial charge in [0.25, 0.3) is 0 Å². The van der Waals surface area contributed by atoms with Gasteiger partial charge < -0.3 is 10.5 Å². The lowest BCUT2D eigenvalue weighted by molar-refractivity contribution is 0.372. The highest BCUT2D eigenvalue weighted by atomic mass is 16.5. The number of benzene rings is 1. The predicted molar refractivity (Wildman–Crippen MR) is 49.9 cm³/mol. The topological polar surface area (TPSA) is 35.2 Å². The molecular formula is C10H11NO.